The maximum absolute atomic E-state index is 14.0. The number of aromatic nitrogens is 3. The molecule has 0 radical (unpaired) electrons. The first-order valence-corrected chi connectivity index (χ1v) is 16.0. The minimum absolute atomic E-state index is 0.00752. The van der Waals surface area contributed by atoms with Gasteiger partial charge >= 0.3 is 5.97 Å². The maximum Gasteiger partial charge on any atom is 0.356 e. The molecule has 10 nitrogen and oxygen atoms in total. The number of nitrogen functional groups attached to an aromatic ring is 1. The van der Waals surface area contributed by atoms with Gasteiger partial charge in [0.2, 0.25) is 5.91 Å². The zero-order valence-electron chi connectivity index (χ0n) is 21.2. The minimum Gasteiger partial charge on any atom is -0.448 e. The lowest BCUT2D eigenvalue weighted by Gasteiger charge is -2.49. The maximum atomic E-state index is 14.0. The first kappa shape index (κ1) is 27.4. The van der Waals surface area contributed by atoms with E-state index in [1.54, 1.807) is 10.9 Å². The molecule has 0 bridgehead atoms. The van der Waals surface area contributed by atoms with Crippen LogP contribution < -0.4 is 11.1 Å². The number of rotatable bonds is 9. The first-order chi connectivity index (χ1) is 20.0. The Kier molecular flexibility index (Phi) is 8.05. The summed E-state index contributed by atoms with van der Waals surface area (Å²) >= 11 is 5.35. The lowest BCUT2D eigenvalue weighted by atomic mass is 10.0. The fraction of sp³-hybridized carbons (Fsp3) is 0.185. The van der Waals surface area contributed by atoms with Crippen LogP contribution in [0.4, 0.5) is 5.13 Å². The molecule has 0 unspecified atom stereocenters. The number of carbonyl (C=O) groups is 3. The smallest absolute Gasteiger partial charge is 0.356 e. The number of hydrogen-bond acceptors (Lipinski definition) is 12. The van der Waals surface area contributed by atoms with E-state index >= 15 is 0 Å². The summed E-state index contributed by atoms with van der Waals surface area (Å²) in [4.78, 5) is 46.3. The van der Waals surface area contributed by atoms with Crippen molar-refractivity contribution in [1.82, 2.24) is 25.4 Å². The average molecular weight is 623 g/mol. The molecule has 0 aliphatic carbocycles. The molecule has 4 heterocycles. The van der Waals surface area contributed by atoms with Gasteiger partial charge in [0.25, 0.3) is 5.91 Å². The van der Waals surface area contributed by atoms with Gasteiger partial charge in [0.05, 0.1) is 12.1 Å². The molecular weight excluding hydrogens is 601 g/mol. The van der Waals surface area contributed by atoms with E-state index < -0.39 is 23.5 Å². The minimum atomic E-state index is -0.779. The number of hydrogen-bond donors (Lipinski definition) is 2. The summed E-state index contributed by atoms with van der Waals surface area (Å²) < 4.78 is 6.80. The van der Waals surface area contributed by atoms with Crippen molar-refractivity contribution in [3.05, 3.63) is 99.0 Å². The number of carbonyl (C=O) groups excluding carboxylic acids is 3. The SMILES string of the molecule is Nc1nc(CC(=O)N[C@@H]2C(=O)N3C(C(=O)OC(c4ccccc4)c4ccccc4)=C(Sc4nncs4)CS[C@@H]23)cs1. The van der Waals surface area contributed by atoms with Crippen LogP contribution in [0.15, 0.2) is 86.5 Å². The molecule has 2 aromatic carbocycles. The van der Waals surface area contributed by atoms with Crippen LogP contribution in [0, 0.1) is 0 Å². The van der Waals surface area contributed by atoms with Crippen molar-refractivity contribution in [2.24, 2.45) is 0 Å². The van der Waals surface area contributed by atoms with Gasteiger partial charge in [-0.05, 0) is 11.1 Å². The Hall–Kier alpha value is -3.72. The van der Waals surface area contributed by atoms with Gasteiger partial charge in [-0.15, -0.1) is 33.3 Å². The van der Waals surface area contributed by atoms with Gasteiger partial charge in [0.1, 0.15) is 22.6 Å². The molecule has 6 rings (SSSR count). The molecule has 0 spiro atoms. The van der Waals surface area contributed by atoms with Crippen molar-refractivity contribution < 1.29 is 19.1 Å². The number of thioether (sulfide) groups is 2. The second-order valence-electron chi connectivity index (χ2n) is 8.99. The molecule has 2 aliphatic rings. The summed E-state index contributed by atoms with van der Waals surface area (Å²) in [5.74, 6) is -0.925. The van der Waals surface area contributed by atoms with Crippen molar-refractivity contribution in [2.75, 3.05) is 11.5 Å². The fourth-order valence-corrected chi connectivity index (χ4v) is 8.19. The lowest BCUT2D eigenvalue weighted by molar-refractivity contribution is -0.154. The Labute approximate surface area is 251 Å². The number of β-lactam (4-membered cyclic amide) rings is 1. The number of anilines is 1. The van der Waals surface area contributed by atoms with Crippen LogP contribution in [-0.2, 0) is 25.5 Å². The Morgan fingerprint density at radius 1 is 1.10 bits per heavy atom. The summed E-state index contributed by atoms with van der Waals surface area (Å²) in [6.45, 7) is 0. The van der Waals surface area contributed by atoms with Gasteiger partial charge in [0.15, 0.2) is 15.6 Å². The molecule has 41 heavy (non-hydrogen) atoms. The number of nitrogens with one attached hydrogen (secondary N) is 1. The van der Waals surface area contributed by atoms with E-state index in [9.17, 15) is 14.4 Å². The van der Waals surface area contributed by atoms with Crippen molar-refractivity contribution in [1.29, 1.82) is 0 Å². The lowest BCUT2D eigenvalue weighted by Crippen LogP contribution is -2.70. The highest BCUT2D eigenvalue weighted by Crippen LogP contribution is 2.46. The largest absolute Gasteiger partial charge is 0.448 e. The Bertz CT molecular complexity index is 1560. The molecule has 1 fully saturated rings. The van der Waals surface area contributed by atoms with Gasteiger partial charge in [-0.2, -0.15) is 0 Å². The number of benzene rings is 2. The van der Waals surface area contributed by atoms with Gasteiger partial charge in [-0.1, -0.05) is 83.8 Å². The van der Waals surface area contributed by atoms with E-state index in [1.807, 2.05) is 60.7 Å². The van der Waals surface area contributed by atoms with Crippen molar-refractivity contribution in [3.8, 4) is 0 Å². The molecule has 2 atom stereocenters. The van der Waals surface area contributed by atoms with Crippen molar-refractivity contribution in [3.63, 3.8) is 0 Å². The number of nitrogens with two attached hydrogens (primary N) is 1. The van der Waals surface area contributed by atoms with Crippen LogP contribution >= 0.6 is 46.2 Å². The van der Waals surface area contributed by atoms with Crippen LogP contribution in [-0.4, -0.2) is 55.0 Å². The summed E-state index contributed by atoms with van der Waals surface area (Å²) in [5.41, 5.74) is 9.58. The summed E-state index contributed by atoms with van der Waals surface area (Å²) in [6.07, 6.45) is -0.677. The Morgan fingerprint density at radius 2 is 1.80 bits per heavy atom. The molecule has 4 aromatic rings. The van der Waals surface area contributed by atoms with E-state index in [4.69, 9.17) is 10.5 Å². The number of thiazole rings is 1. The number of nitrogens with zero attached hydrogens (tertiary/aromatic N) is 4. The monoisotopic (exact) mass is 622 g/mol. The standard InChI is InChI=1S/C27H22N6O4S4/c28-26-30-17(12-39-26)11-19(34)31-20-23(35)33-21(18(13-38-24(20)33)41-27-32-29-14-40-27)25(36)37-22(15-7-3-1-4-8-15)16-9-5-2-6-10-16/h1-10,12,14,20,22,24H,11,13H2,(H2,28,30)(H,31,34)/t20-,24+/m1/s1. The van der Waals surface area contributed by atoms with E-state index in [2.05, 4.69) is 20.5 Å². The summed E-state index contributed by atoms with van der Waals surface area (Å²) in [6, 6.07) is 18.1. The number of amides is 2. The third-order valence-electron chi connectivity index (χ3n) is 6.33. The zero-order valence-corrected chi connectivity index (χ0v) is 24.5. The number of esters is 1. The molecule has 0 saturated carbocycles. The van der Waals surface area contributed by atoms with Crippen LogP contribution in [0.3, 0.4) is 0 Å². The molecule has 208 valence electrons. The summed E-state index contributed by atoms with van der Waals surface area (Å²) in [7, 11) is 0. The molecule has 3 N–H and O–H groups in total. The fourth-order valence-electron chi connectivity index (χ4n) is 4.51. The molecule has 1 saturated heterocycles. The topological polar surface area (TPSA) is 140 Å². The van der Waals surface area contributed by atoms with Gasteiger partial charge in [-0.3, -0.25) is 14.5 Å². The Balaban J connectivity index is 1.27. The quantitative estimate of drug-likeness (QED) is 0.209. The predicted octanol–water partition coefficient (Wildman–Crippen LogP) is 3.86. The van der Waals surface area contributed by atoms with Gasteiger partial charge < -0.3 is 15.8 Å². The van der Waals surface area contributed by atoms with E-state index in [0.717, 1.165) is 11.1 Å². The molecule has 14 heteroatoms. The molecule has 2 amide bonds. The van der Waals surface area contributed by atoms with Crippen molar-refractivity contribution >= 4 is 69.1 Å². The van der Waals surface area contributed by atoms with Crippen molar-refractivity contribution in [2.45, 2.75) is 28.3 Å². The zero-order chi connectivity index (χ0) is 28.3. The highest BCUT2D eigenvalue weighted by atomic mass is 32.2. The van der Waals surface area contributed by atoms with Gasteiger partial charge in [0, 0.05) is 16.0 Å². The predicted molar refractivity (Wildman–Crippen MR) is 159 cm³/mol. The molecular formula is C27H22N6O4S4. The van der Waals surface area contributed by atoms with Crippen LogP contribution in [0.2, 0.25) is 0 Å². The number of ether oxygens (including phenoxy) is 1. The third-order valence-corrected chi connectivity index (χ3v) is 10.4. The average Bonchev–Trinajstić information content (AvgIpc) is 3.66. The number of fused-ring (bicyclic) bond motifs is 1. The highest BCUT2D eigenvalue weighted by Gasteiger charge is 2.55. The normalized spacial score (nSPS) is 18.2. The van der Waals surface area contributed by atoms with Crippen LogP contribution in [0.1, 0.15) is 22.9 Å². The van der Waals surface area contributed by atoms with E-state index in [0.29, 0.717) is 25.8 Å². The molecule has 2 aromatic heterocycles. The second-order valence-corrected chi connectivity index (χ2v) is 13.2. The van der Waals surface area contributed by atoms with E-state index in [-0.39, 0.29) is 23.9 Å². The van der Waals surface area contributed by atoms with E-state index in [1.165, 1.54) is 51.1 Å². The first-order valence-electron chi connectivity index (χ1n) is 12.4. The third kappa shape index (κ3) is 5.86. The highest BCUT2D eigenvalue weighted by molar-refractivity contribution is 8.07. The second kappa shape index (κ2) is 12.0. The Morgan fingerprint density at radius 3 is 2.41 bits per heavy atom. The summed E-state index contributed by atoms with van der Waals surface area (Å²) in [5, 5.41) is 12.4. The molecule has 2 aliphatic heterocycles. The van der Waals surface area contributed by atoms with Gasteiger partial charge in [-0.25, -0.2) is 9.78 Å². The van der Waals surface area contributed by atoms with Crippen LogP contribution in [0.25, 0.3) is 0 Å². The van der Waals surface area contributed by atoms with Crippen LogP contribution in [0.5, 0.6) is 0 Å².